The van der Waals surface area contributed by atoms with Crippen LogP contribution in [0.4, 0.5) is 0 Å². The summed E-state index contributed by atoms with van der Waals surface area (Å²) in [5.74, 6) is 0. The minimum atomic E-state index is 0.300. The van der Waals surface area contributed by atoms with Gasteiger partial charge in [0, 0.05) is 18.6 Å². The monoisotopic (exact) mass is 272 g/mol. The molecule has 2 N–H and O–H groups in total. The molecule has 3 rings (SSSR count). The van der Waals surface area contributed by atoms with E-state index in [4.69, 9.17) is 5.73 Å². The minimum Gasteiger partial charge on any atom is -0.327 e. The number of hydrogen-bond donors (Lipinski definition) is 1. The molecule has 1 saturated heterocycles. The van der Waals surface area contributed by atoms with Gasteiger partial charge < -0.3 is 5.73 Å². The third-order valence-electron chi connectivity index (χ3n) is 4.00. The molecule has 1 fully saturated rings. The summed E-state index contributed by atoms with van der Waals surface area (Å²) >= 11 is 0. The largest absolute Gasteiger partial charge is 0.327 e. The maximum Gasteiger partial charge on any atom is 0.143 e. The lowest BCUT2D eigenvalue weighted by Gasteiger charge is -2.35. The Labute approximate surface area is 118 Å². The van der Waals surface area contributed by atoms with Gasteiger partial charge in [-0.2, -0.15) is 0 Å². The van der Waals surface area contributed by atoms with E-state index in [1.54, 1.807) is 11.0 Å². The summed E-state index contributed by atoms with van der Waals surface area (Å²) in [5.41, 5.74) is 8.33. The van der Waals surface area contributed by atoms with Crippen LogP contribution in [0.3, 0.4) is 0 Å². The molecule has 2 unspecified atom stereocenters. The third kappa shape index (κ3) is 2.71. The first-order chi connectivity index (χ1) is 9.74. The summed E-state index contributed by atoms with van der Waals surface area (Å²) in [6.07, 6.45) is 3.92. The van der Waals surface area contributed by atoms with Crippen LogP contribution in [-0.2, 0) is 0 Å². The molecule has 0 aliphatic carbocycles. The van der Waals surface area contributed by atoms with Crippen molar-refractivity contribution in [2.45, 2.75) is 31.8 Å². The molecule has 2 heterocycles. The van der Waals surface area contributed by atoms with Gasteiger partial charge in [0.05, 0.1) is 5.69 Å². The molecule has 106 valence electrons. The SMILES string of the molecule is CC(c1cccc(-n2cnnn2)c1)N1CCCC(N)C1. The van der Waals surface area contributed by atoms with Crippen molar-refractivity contribution < 1.29 is 0 Å². The zero-order chi connectivity index (χ0) is 13.9. The first-order valence-corrected chi connectivity index (χ1v) is 7.07. The Bertz CT molecular complexity index is 553. The average Bonchev–Trinajstić information content (AvgIpc) is 3.01. The zero-order valence-corrected chi connectivity index (χ0v) is 11.7. The second kappa shape index (κ2) is 5.68. The Hall–Kier alpha value is -1.79. The normalized spacial score (nSPS) is 21.8. The fourth-order valence-electron chi connectivity index (χ4n) is 2.81. The maximum atomic E-state index is 6.08. The molecule has 0 saturated carbocycles. The molecule has 0 radical (unpaired) electrons. The standard InChI is InChI=1S/C14H20N6/c1-11(19-7-3-5-13(15)9-19)12-4-2-6-14(8-12)20-10-16-17-18-20/h2,4,6,8,10-11,13H,3,5,7,9,15H2,1H3. The molecule has 0 bridgehead atoms. The van der Waals surface area contributed by atoms with Crippen LogP contribution in [-0.4, -0.2) is 44.2 Å². The van der Waals surface area contributed by atoms with Crippen molar-refractivity contribution in [2.75, 3.05) is 13.1 Å². The summed E-state index contributed by atoms with van der Waals surface area (Å²) in [6, 6.07) is 9.01. The maximum absolute atomic E-state index is 6.08. The number of rotatable bonds is 3. The zero-order valence-electron chi connectivity index (χ0n) is 11.7. The summed E-state index contributed by atoms with van der Waals surface area (Å²) in [5, 5.41) is 11.3. The van der Waals surface area contributed by atoms with Gasteiger partial charge in [-0.25, -0.2) is 4.68 Å². The molecule has 1 aromatic carbocycles. The van der Waals surface area contributed by atoms with E-state index in [0.29, 0.717) is 12.1 Å². The quantitative estimate of drug-likeness (QED) is 0.907. The second-order valence-electron chi connectivity index (χ2n) is 5.42. The molecule has 0 amide bonds. The van der Waals surface area contributed by atoms with Gasteiger partial charge in [0.25, 0.3) is 0 Å². The molecule has 1 aromatic heterocycles. The fraction of sp³-hybridized carbons (Fsp3) is 0.500. The van der Waals surface area contributed by atoms with E-state index in [1.165, 1.54) is 12.0 Å². The van der Waals surface area contributed by atoms with Gasteiger partial charge in [-0.05, 0) is 54.4 Å². The molecule has 6 nitrogen and oxygen atoms in total. The van der Waals surface area contributed by atoms with Gasteiger partial charge in [0.2, 0.25) is 0 Å². The molecule has 0 spiro atoms. The Morgan fingerprint density at radius 1 is 1.40 bits per heavy atom. The van der Waals surface area contributed by atoms with E-state index >= 15 is 0 Å². The number of tetrazole rings is 1. The molecule has 1 aliphatic rings. The van der Waals surface area contributed by atoms with Crippen LogP contribution in [0.2, 0.25) is 0 Å². The van der Waals surface area contributed by atoms with Crippen LogP contribution in [0.5, 0.6) is 0 Å². The summed E-state index contributed by atoms with van der Waals surface area (Å²) in [6.45, 7) is 4.32. The molecule has 2 atom stereocenters. The Morgan fingerprint density at radius 2 is 2.30 bits per heavy atom. The van der Waals surface area contributed by atoms with E-state index in [9.17, 15) is 0 Å². The van der Waals surface area contributed by atoms with Crippen LogP contribution in [0.25, 0.3) is 5.69 Å². The van der Waals surface area contributed by atoms with Crippen molar-refractivity contribution in [3.05, 3.63) is 36.2 Å². The Kier molecular flexibility index (Phi) is 3.75. The van der Waals surface area contributed by atoms with Crippen molar-refractivity contribution in [1.29, 1.82) is 0 Å². The first kappa shape index (κ1) is 13.2. The van der Waals surface area contributed by atoms with Crippen LogP contribution in [0, 0.1) is 0 Å². The van der Waals surface area contributed by atoms with Gasteiger partial charge in [-0.15, -0.1) is 5.10 Å². The first-order valence-electron chi connectivity index (χ1n) is 7.07. The van der Waals surface area contributed by atoms with Crippen molar-refractivity contribution in [3.63, 3.8) is 0 Å². The highest BCUT2D eigenvalue weighted by atomic mass is 15.5. The lowest BCUT2D eigenvalue weighted by Crippen LogP contribution is -2.43. The number of likely N-dealkylation sites (tertiary alicyclic amines) is 1. The van der Waals surface area contributed by atoms with Gasteiger partial charge in [-0.3, -0.25) is 4.90 Å². The second-order valence-corrected chi connectivity index (χ2v) is 5.42. The Morgan fingerprint density at radius 3 is 3.05 bits per heavy atom. The number of nitrogens with two attached hydrogens (primary N) is 1. The molecule has 2 aromatic rings. The topological polar surface area (TPSA) is 72.9 Å². The molecular formula is C14H20N6. The highest BCUT2D eigenvalue weighted by Gasteiger charge is 2.22. The number of aromatic nitrogens is 4. The van der Waals surface area contributed by atoms with Crippen LogP contribution in [0.15, 0.2) is 30.6 Å². The number of nitrogens with zero attached hydrogens (tertiary/aromatic N) is 5. The lowest BCUT2D eigenvalue weighted by molar-refractivity contribution is 0.159. The minimum absolute atomic E-state index is 0.300. The number of benzene rings is 1. The predicted molar refractivity (Wildman–Crippen MR) is 76.4 cm³/mol. The van der Waals surface area contributed by atoms with E-state index < -0.39 is 0 Å². The van der Waals surface area contributed by atoms with Gasteiger partial charge >= 0.3 is 0 Å². The highest BCUT2D eigenvalue weighted by Crippen LogP contribution is 2.25. The Balaban J connectivity index is 1.81. The molecular weight excluding hydrogens is 252 g/mol. The molecule has 20 heavy (non-hydrogen) atoms. The average molecular weight is 272 g/mol. The van der Waals surface area contributed by atoms with Crippen LogP contribution in [0.1, 0.15) is 31.4 Å². The smallest absolute Gasteiger partial charge is 0.143 e. The fourth-order valence-corrected chi connectivity index (χ4v) is 2.81. The number of hydrogen-bond acceptors (Lipinski definition) is 5. The van der Waals surface area contributed by atoms with Crippen molar-refractivity contribution in [3.8, 4) is 5.69 Å². The van der Waals surface area contributed by atoms with E-state index in [-0.39, 0.29) is 0 Å². The van der Waals surface area contributed by atoms with E-state index in [2.05, 4.69) is 39.5 Å². The number of piperidine rings is 1. The van der Waals surface area contributed by atoms with Crippen LogP contribution >= 0.6 is 0 Å². The van der Waals surface area contributed by atoms with Crippen LogP contribution < -0.4 is 5.73 Å². The van der Waals surface area contributed by atoms with Gasteiger partial charge in [-0.1, -0.05) is 12.1 Å². The van der Waals surface area contributed by atoms with Gasteiger partial charge in [0.1, 0.15) is 6.33 Å². The van der Waals surface area contributed by atoms with Crippen molar-refractivity contribution >= 4 is 0 Å². The van der Waals surface area contributed by atoms with Crippen molar-refractivity contribution in [1.82, 2.24) is 25.1 Å². The third-order valence-corrected chi connectivity index (χ3v) is 4.00. The predicted octanol–water partition coefficient (Wildman–Crippen LogP) is 1.15. The molecule has 6 heteroatoms. The summed E-state index contributed by atoms with van der Waals surface area (Å²) < 4.78 is 1.68. The van der Waals surface area contributed by atoms with E-state index in [1.807, 2.05) is 12.1 Å². The molecule has 1 aliphatic heterocycles. The summed E-state index contributed by atoms with van der Waals surface area (Å²) in [7, 11) is 0. The van der Waals surface area contributed by atoms with Gasteiger partial charge in [0.15, 0.2) is 0 Å². The van der Waals surface area contributed by atoms with E-state index in [0.717, 1.165) is 25.2 Å². The lowest BCUT2D eigenvalue weighted by atomic mass is 10.0. The van der Waals surface area contributed by atoms with Crippen molar-refractivity contribution in [2.24, 2.45) is 5.73 Å². The summed E-state index contributed by atoms with van der Waals surface area (Å²) in [4.78, 5) is 2.45. The highest BCUT2D eigenvalue weighted by molar-refractivity contribution is 5.35.